The van der Waals surface area contributed by atoms with E-state index < -0.39 is 0 Å². The third kappa shape index (κ3) is 2.42. The Morgan fingerprint density at radius 1 is 1.69 bits per heavy atom. The Kier molecular flexibility index (Phi) is 2.80. The fourth-order valence-electron chi connectivity index (χ4n) is 1.66. The molecule has 1 aliphatic heterocycles. The molecule has 3 nitrogen and oxygen atoms in total. The highest BCUT2D eigenvalue weighted by atomic mass is 32.1. The van der Waals surface area contributed by atoms with Crippen LogP contribution in [0.15, 0.2) is 11.6 Å². The van der Waals surface area contributed by atoms with E-state index in [2.05, 4.69) is 16.3 Å². The van der Waals surface area contributed by atoms with Gasteiger partial charge in [0.05, 0.1) is 11.6 Å². The second-order valence-corrected chi connectivity index (χ2v) is 4.16. The Hall–Kier alpha value is -0.610. The highest BCUT2D eigenvalue weighted by Gasteiger charge is 2.18. The summed E-state index contributed by atoms with van der Waals surface area (Å²) in [6.45, 7) is 2.23. The molecule has 1 atom stereocenters. The number of likely N-dealkylation sites (N-methyl/N-ethyl adjacent to an activating group) is 1. The maximum absolute atomic E-state index is 5.77. The van der Waals surface area contributed by atoms with Crippen molar-refractivity contribution in [2.45, 2.75) is 18.9 Å². The fourth-order valence-corrected chi connectivity index (χ4v) is 2.11. The Balaban J connectivity index is 1.87. The molecular formula is C9H14N2OS. The summed E-state index contributed by atoms with van der Waals surface area (Å²) in [5.41, 5.74) is 0. The molecule has 0 saturated carbocycles. The molecule has 1 aromatic rings. The van der Waals surface area contributed by atoms with Gasteiger partial charge in [-0.05, 0) is 38.0 Å². The second kappa shape index (κ2) is 4.07. The summed E-state index contributed by atoms with van der Waals surface area (Å²) in [5.74, 6) is 0.922. The summed E-state index contributed by atoms with van der Waals surface area (Å²) < 4.78 is 9.78. The molecule has 0 spiro atoms. The van der Waals surface area contributed by atoms with Gasteiger partial charge in [-0.25, -0.2) is 0 Å². The van der Waals surface area contributed by atoms with Crippen molar-refractivity contribution in [2.75, 3.05) is 20.1 Å². The zero-order valence-electron chi connectivity index (χ0n) is 7.77. The van der Waals surface area contributed by atoms with E-state index in [1.807, 2.05) is 5.38 Å². The normalized spacial score (nSPS) is 24.5. The first kappa shape index (κ1) is 8.97. The average molecular weight is 198 g/mol. The lowest BCUT2D eigenvalue weighted by Crippen LogP contribution is -2.38. The van der Waals surface area contributed by atoms with Crippen LogP contribution in [0.3, 0.4) is 0 Å². The lowest BCUT2D eigenvalue weighted by molar-refractivity contribution is 0.104. The standard InChI is InChI=1S/C9H14N2OS/c1-11-4-2-3-8(6-11)12-9-5-10-13-7-9/h5,7-8H,2-4,6H2,1H3. The lowest BCUT2D eigenvalue weighted by atomic mass is 10.1. The van der Waals surface area contributed by atoms with Crippen molar-refractivity contribution in [2.24, 2.45) is 0 Å². The Bertz CT molecular complexity index is 250. The minimum absolute atomic E-state index is 0.357. The number of rotatable bonds is 2. The van der Waals surface area contributed by atoms with Crippen molar-refractivity contribution in [1.82, 2.24) is 9.27 Å². The number of hydrogen-bond donors (Lipinski definition) is 0. The second-order valence-electron chi connectivity index (χ2n) is 3.50. The van der Waals surface area contributed by atoms with Crippen LogP contribution in [0.2, 0.25) is 0 Å². The van der Waals surface area contributed by atoms with Gasteiger partial charge in [-0.3, -0.25) is 0 Å². The van der Waals surface area contributed by atoms with Gasteiger partial charge in [-0.15, -0.1) is 0 Å². The molecule has 1 aliphatic rings. The van der Waals surface area contributed by atoms with Crippen LogP contribution >= 0.6 is 11.5 Å². The molecule has 0 radical (unpaired) electrons. The zero-order chi connectivity index (χ0) is 9.10. The summed E-state index contributed by atoms with van der Waals surface area (Å²) in [5, 5.41) is 1.95. The molecule has 1 unspecified atom stereocenters. The van der Waals surface area contributed by atoms with Gasteiger partial charge in [0.1, 0.15) is 11.9 Å². The van der Waals surface area contributed by atoms with E-state index in [0.717, 1.165) is 12.3 Å². The topological polar surface area (TPSA) is 25.4 Å². The number of nitrogens with zero attached hydrogens (tertiary/aromatic N) is 2. The van der Waals surface area contributed by atoms with Gasteiger partial charge in [0.25, 0.3) is 0 Å². The molecule has 2 rings (SSSR count). The van der Waals surface area contributed by atoms with Crippen LogP contribution in [-0.2, 0) is 0 Å². The van der Waals surface area contributed by atoms with Gasteiger partial charge in [0, 0.05) is 6.54 Å². The third-order valence-electron chi connectivity index (χ3n) is 2.29. The van der Waals surface area contributed by atoms with Crippen LogP contribution in [0, 0.1) is 0 Å². The van der Waals surface area contributed by atoms with Gasteiger partial charge in [0.15, 0.2) is 0 Å². The fraction of sp³-hybridized carbons (Fsp3) is 0.667. The monoisotopic (exact) mass is 198 g/mol. The number of piperidine rings is 1. The van der Waals surface area contributed by atoms with Crippen LogP contribution in [0.4, 0.5) is 0 Å². The first-order valence-electron chi connectivity index (χ1n) is 4.59. The molecular weight excluding hydrogens is 184 g/mol. The van der Waals surface area contributed by atoms with E-state index in [1.54, 1.807) is 6.20 Å². The predicted octanol–water partition coefficient (Wildman–Crippen LogP) is 1.62. The quantitative estimate of drug-likeness (QED) is 0.722. The van der Waals surface area contributed by atoms with Crippen molar-refractivity contribution in [1.29, 1.82) is 0 Å². The largest absolute Gasteiger partial charge is 0.487 e. The minimum Gasteiger partial charge on any atom is -0.487 e. The highest BCUT2D eigenvalue weighted by Crippen LogP contribution is 2.18. The summed E-state index contributed by atoms with van der Waals surface area (Å²) in [4.78, 5) is 2.31. The van der Waals surface area contributed by atoms with Gasteiger partial charge in [-0.1, -0.05) is 0 Å². The van der Waals surface area contributed by atoms with E-state index in [-0.39, 0.29) is 0 Å². The van der Waals surface area contributed by atoms with Gasteiger partial charge >= 0.3 is 0 Å². The van der Waals surface area contributed by atoms with E-state index in [9.17, 15) is 0 Å². The number of ether oxygens (including phenoxy) is 1. The summed E-state index contributed by atoms with van der Waals surface area (Å²) >= 11 is 1.44. The highest BCUT2D eigenvalue weighted by molar-refractivity contribution is 7.03. The molecule has 1 saturated heterocycles. The molecule has 0 aromatic carbocycles. The van der Waals surface area contributed by atoms with Gasteiger partial charge < -0.3 is 9.64 Å². The number of hydrogen-bond acceptors (Lipinski definition) is 4. The van der Waals surface area contributed by atoms with Gasteiger partial charge in [0.2, 0.25) is 0 Å². The Labute approximate surface area is 82.5 Å². The van der Waals surface area contributed by atoms with Crippen LogP contribution in [0.5, 0.6) is 5.75 Å². The number of aromatic nitrogens is 1. The van der Waals surface area contributed by atoms with Crippen molar-refractivity contribution in [3.05, 3.63) is 11.6 Å². The number of likely N-dealkylation sites (tertiary alicyclic amines) is 1. The van der Waals surface area contributed by atoms with Crippen LogP contribution in [-0.4, -0.2) is 35.5 Å². The van der Waals surface area contributed by atoms with Crippen LogP contribution in [0.1, 0.15) is 12.8 Å². The molecule has 0 amide bonds. The SMILES string of the molecule is CN1CCCC(Oc2cnsc2)C1. The smallest absolute Gasteiger partial charge is 0.150 e. The van der Waals surface area contributed by atoms with E-state index >= 15 is 0 Å². The third-order valence-corrected chi connectivity index (χ3v) is 2.86. The Morgan fingerprint density at radius 3 is 3.31 bits per heavy atom. The van der Waals surface area contributed by atoms with Crippen LogP contribution < -0.4 is 4.74 Å². The zero-order valence-corrected chi connectivity index (χ0v) is 8.59. The predicted molar refractivity (Wildman–Crippen MR) is 53.3 cm³/mol. The summed E-state index contributed by atoms with van der Waals surface area (Å²) in [6.07, 6.45) is 4.55. The first-order valence-corrected chi connectivity index (χ1v) is 5.43. The molecule has 4 heteroatoms. The molecule has 0 aliphatic carbocycles. The van der Waals surface area contributed by atoms with E-state index in [0.29, 0.717) is 6.10 Å². The maximum Gasteiger partial charge on any atom is 0.150 e. The Morgan fingerprint density at radius 2 is 2.62 bits per heavy atom. The molecule has 0 bridgehead atoms. The van der Waals surface area contributed by atoms with Crippen molar-refractivity contribution in [3.8, 4) is 5.75 Å². The van der Waals surface area contributed by atoms with Crippen LogP contribution in [0.25, 0.3) is 0 Å². The van der Waals surface area contributed by atoms with Gasteiger partial charge in [-0.2, -0.15) is 4.37 Å². The van der Waals surface area contributed by atoms with Crippen molar-refractivity contribution in [3.63, 3.8) is 0 Å². The minimum atomic E-state index is 0.357. The van der Waals surface area contributed by atoms with E-state index in [4.69, 9.17) is 4.74 Å². The summed E-state index contributed by atoms with van der Waals surface area (Å²) in [6, 6.07) is 0. The molecule has 1 fully saturated rings. The van der Waals surface area contributed by atoms with Crippen molar-refractivity contribution < 1.29 is 4.74 Å². The average Bonchev–Trinajstić information content (AvgIpc) is 2.57. The summed E-state index contributed by atoms with van der Waals surface area (Å²) in [7, 11) is 2.14. The molecule has 1 aromatic heterocycles. The lowest BCUT2D eigenvalue weighted by Gasteiger charge is -2.29. The molecule has 2 heterocycles. The molecule has 72 valence electrons. The first-order chi connectivity index (χ1) is 6.34. The molecule has 0 N–H and O–H groups in total. The maximum atomic E-state index is 5.77. The van der Waals surface area contributed by atoms with Crippen molar-refractivity contribution >= 4 is 11.5 Å². The molecule has 13 heavy (non-hydrogen) atoms. The van der Waals surface area contributed by atoms with E-state index in [1.165, 1.54) is 30.9 Å².